The number of rotatable bonds is 5. The molecule has 2 rings (SSSR count). The zero-order valence-corrected chi connectivity index (χ0v) is 14.3. The number of piperidine rings is 1. The molecule has 2 amide bonds. The standard InChI is InChI=1S/C16H23F2N3OS/c1-20(2)11-13-7-3-4-9-21(13)16(22)19-12-6-5-8-14(10-12)23-15(17)18/h5-6,8,10,13,15H,3-4,7,9,11H2,1-2H3,(H,19,22). The van der Waals surface area contributed by atoms with E-state index in [1.165, 1.54) is 0 Å². The summed E-state index contributed by atoms with van der Waals surface area (Å²) in [6.07, 6.45) is 3.12. The van der Waals surface area contributed by atoms with Gasteiger partial charge in [-0.3, -0.25) is 0 Å². The average Bonchev–Trinajstić information content (AvgIpc) is 2.46. The van der Waals surface area contributed by atoms with Crippen molar-refractivity contribution in [2.45, 2.75) is 36.0 Å². The van der Waals surface area contributed by atoms with Gasteiger partial charge in [0.2, 0.25) is 0 Å². The van der Waals surface area contributed by atoms with Crippen LogP contribution in [0.5, 0.6) is 0 Å². The minimum absolute atomic E-state index is 0.157. The second kappa shape index (κ2) is 8.49. The van der Waals surface area contributed by atoms with Gasteiger partial charge in [0.15, 0.2) is 0 Å². The van der Waals surface area contributed by atoms with Gasteiger partial charge in [0, 0.05) is 29.7 Å². The smallest absolute Gasteiger partial charge is 0.320 e. The van der Waals surface area contributed by atoms with Crippen LogP contribution in [-0.4, -0.2) is 54.8 Å². The van der Waals surface area contributed by atoms with Crippen LogP contribution in [0.15, 0.2) is 29.2 Å². The summed E-state index contributed by atoms with van der Waals surface area (Å²) in [5, 5.41) is 2.84. The van der Waals surface area contributed by atoms with Gasteiger partial charge in [-0.15, -0.1) is 0 Å². The fraction of sp³-hybridized carbons (Fsp3) is 0.562. The summed E-state index contributed by atoms with van der Waals surface area (Å²) in [7, 11) is 3.99. The number of nitrogens with zero attached hydrogens (tertiary/aromatic N) is 2. The van der Waals surface area contributed by atoms with Crippen LogP contribution in [0.4, 0.5) is 19.3 Å². The molecule has 7 heteroatoms. The van der Waals surface area contributed by atoms with Crippen LogP contribution in [0, 0.1) is 0 Å². The van der Waals surface area contributed by atoms with Crippen molar-refractivity contribution >= 4 is 23.5 Å². The molecule has 1 heterocycles. The van der Waals surface area contributed by atoms with Crippen LogP contribution in [0.25, 0.3) is 0 Å². The molecule has 1 unspecified atom stereocenters. The lowest BCUT2D eigenvalue weighted by atomic mass is 10.0. The van der Waals surface area contributed by atoms with E-state index in [1.807, 2.05) is 19.0 Å². The minimum atomic E-state index is -2.47. The lowest BCUT2D eigenvalue weighted by Crippen LogP contribution is -2.49. The SMILES string of the molecule is CN(C)CC1CCCCN1C(=O)Nc1cccc(SC(F)F)c1. The Balaban J connectivity index is 2.02. The monoisotopic (exact) mass is 343 g/mol. The Hall–Kier alpha value is -1.34. The molecule has 1 aromatic rings. The Morgan fingerprint density at radius 2 is 2.22 bits per heavy atom. The van der Waals surface area contributed by atoms with Gasteiger partial charge in [-0.1, -0.05) is 17.8 Å². The maximum Gasteiger partial charge on any atom is 0.322 e. The number of alkyl halides is 2. The first-order chi connectivity index (χ1) is 11.0. The van der Waals surface area contributed by atoms with Crippen molar-refractivity contribution in [1.29, 1.82) is 0 Å². The molecule has 4 nitrogen and oxygen atoms in total. The lowest BCUT2D eigenvalue weighted by Gasteiger charge is -2.37. The number of benzene rings is 1. The largest absolute Gasteiger partial charge is 0.322 e. The molecule has 23 heavy (non-hydrogen) atoms. The van der Waals surface area contributed by atoms with Gasteiger partial charge in [-0.25, -0.2) is 4.79 Å². The number of hydrogen-bond acceptors (Lipinski definition) is 3. The third-order valence-corrected chi connectivity index (χ3v) is 4.48. The number of carbonyl (C=O) groups excluding carboxylic acids is 1. The lowest BCUT2D eigenvalue weighted by molar-refractivity contribution is 0.144. The summed E-state index contributed by atoms with van der Waals surface area (Å²) in [5.41, 5.74) is 0.551. The van der Waals surface area contributed by atoms with Crippen molar-refractivity contribution in [3.63, 3.8) is 0 Å². The molecule has 1 aromatic carbocycles. The van der Waals surface area contributed by atoms with Gasteiger partial charge < -0.3 is 15.1 Å². The van der Waals surface area contributed by atoms with Crippen molar-refractivity contribution in [3.05, 3.63) is 24.3 Å². The summed E-state index contributed by atoms with van der Waals surface area (Å²) in [5.74, 6) is -2.47. The third kappa shape index (κ3) is 5.66. The Kier molecular flexibility index (Phi) is 6.65. The molecule has 1 aliphatic heterocycles. The normalized spacial score (nSPS) is 18.5. The molecule has 0 aromatic heterocycles. The van der Waals surface area contributed by atoms with Crippen molar-refractivity contribution in [2.24, 2.45) is 0 Å². The maximum atomic E-state index is 12.5. The van der Waals surface area contributed by atoms with Crippen LogP contribution >= 0.6 is 11.8 Å². The molecule has 0 aliphatic carbocycles. The van der Waals surface area contributed by atoms with Gasteiger partial charge in [-0.2, -0.15) is 8.78 Å². The van der Waals surface area contributed by atoms with Gasteiger partial charge >= 0.3 is 6.03 Å². The molecular formula is C16H23F2N3OS. The van der Waals surface area contributed by atoms with E-state index in [2.05, 4.69) is 10.2 Å². The Labute approximate surface area is 140 Å². The van der Waals surface area contributed by atoms with Crippen LogP contribution < -0.4 is 5.32 Å². The van der Waals surface area contributed by atoms with Gasteiger partial charge in [0.25, 0.3) is 5.76 Å². The van der Waals surface area contributed by atoms with E-state index in [1.54, 1.807) is 24.3 Å². The molecular weight excluding hydrogens is 320 g/mol. The van der Waals surface area contributed by atoms with Crippen LogP contribution in [-0.2, 0) is 0 Å². The zero-order valence-electron chi connectivity index (χ0n) is 13.5. The third-order valence-electron chi connectivity index (χ3n) is 3.77. The number of likely N-dealkylation sites (tertiary alicyclic amines) is 1. The second-order valence-electron chi connectivity index (χ2n) is 5.94. The average molecular weight is 343 g/mol. The minimum Gasteiger partial charge on any atom is -0.320 e. The first-order valence-electron chi connectivity index (χ1n) is 7.73. The number of carbonyl (C=O) groups is 1. The van der Waals surface area contributed by atoms with Gasteiger partial charge in [-0.05, 0) is 51.6 Å². The number of urea groups is 1. The number of halogens is 2. The Morgan fingerprint density at radius 3 is 2.91 bits per heavy atom. The predicted octanol–water partition coefficient (Wildman–Crippen LogP) is 3.95. The van der Waals surface area contributed by atoms with Crippen molar-refractivity contribution < 1.29 is 13.6 Å². The number of hydrogen-bond donors (Lipinski definition) is 1. The molecule has 1 N–H and O–H groups in total. The second-order valence-corrected chi connectivity index (χ2v) is 7.01. The van der Waals surface area contributed by atoms with Crippen LogP contribution in [0.1, 0.15) is 19.3 Å². The first-order valence-corrected chi connectivity index (χ1v) is 8.61. The van der Waals surface area contributed by atoms with Crippen molar-refractivity contribution in [3.8, 4) is 0 Å². The van der Waals surface area contributed by atoms with E-state index in [0.29, 0.717) is 22.3 Å². The van der Waals surface area contributed by atoms with E-state index < -0.39 is 5.76 Å². The highest BCUT2D eigenvalue weighted by atomic mass is 32.2. The molecule has 0 bridgehead atoms. The van der Waals surface area contributed by atoms with Gasteiger partial charge in [0.05, 0.1) is 0 Å². The molecule has 1 saturated heterocycles. The number of thioether (sulfide) groups is 1. The van der Waals surface area contributed by atoms with Crippen molar-refractivity contribution in [1.82, 2.24) is 9.80 Å². The van der Waals surface area contributed by atoms with Crippen LogP contribution in [0.3, 0.4) is 0 Å². The molecule has 1 fully saturated rings. The highest BCUT2D eigenvalue weighted by Gasteiger charge is 2.27. The Bertz CT molecular complexity index is 528. The van der Waals surface area contributed by atoms with E-state index in [-0.39, 0.29) is 12.1 Å². The number of amides is 2. The summed E-state index contributed by atoms with van der Waals surface area (Å²) in [6, 6.07) is 6.63. The zero-order chi connectivity index (χ0) is 16.8. The first kappa shape index (κ1) is 18.0. The number of likely N-dealkylation sites (N-methyl/N-ethyl adjacent to an activating group) is 1. The predicted molar refractivity (Wildman–Crippen MR) is 90.2 cm³/mol. The molecule has 0 radical (unpaired) electrons. The summed E-state index contributed by atoms with van der Waals surface area (Å²) in [4.78, 5) is 16.9. The van der Waals surface area contributed by atoms with E-state index in [0.717, 1.165) is 32.4 Å². The van der Waals surface area contributed by atoms with Crippen LogP contribution in [0.2, 0.25) is 0 Å². The van der Waals surface area contributed by atoms with Gasteiger partial charge in [0.1, 0.15) is 0 Å². The number of anilines is 1. The summed E-state index contributed by atoms with van der Waals surface area (Å²) < 4.78 is 24.9. The van der Waals surface area contributed by atoms with Crippen molar-refractivity contribution in [2.75, 3.05) is 32.5 Å². The quantitative estimate of drug-likeness (QED) is 0.822. The summed E-state index contributed by atoms with van der Waals surface area (Å²) >= 11 is 0.479. The maximum absolute atomic E-state index is 12.5. The fourth-order valence-corrected chi connectivity index (χ4v) is 3.38. The topological polar surface area (TPSA) is 35.6 Å². The summed E-state index contributed by atoms with van der Waals surface area (Å²) in [6.45, 7) is 1.56. The van der Waals surface area contributed by atoms with E-state index >= 15 is 0 Å². The molecule has 0 spiro atoms. The van der Waals surface area contributed by atoms with E-state index in [9.17, 15) is 13.6 Å². The molecule has 0 saturated carbocycles. The molecule has 1 atom stereocenters. The highest BCUT2D eigenvalue weighted by molar-refractivity contribution is 7.99. The van der Waals surface area contributed by atoms with E-state index in [4.69, 9.17) is 0 Å². The number of nitrogens with one attached hydrogen (secondary N) is 1. The fourth-order valence-electron chi connectivity index (χ4n) is 2.82. The molecule has 1 aliphatic rings. The Morgan fingerprint density at radius 1 is 1.43 bits per heavy atom. The molecule has 128 valence electrons. The highest BCUT2D eigenvalue weighted by Crippen LogP contribution is 2.27.